The van der Waals surface area contributed by atoms with Crippen LogP contribution in [0.4, 0.5) is 4.39 Å². The fourth-order valence-corrected chi connectivity index (χ4v) is 5.77. The van der Waals surface area contributed by atoms with E-state index in [4.69, 9.17) is 0 Å². The van der Waals surface area contributed by atoms with Crippen molar-refractivity contribution in [3.8, 4) is 0 Å². The highest BCUT2D eigenvalue weighted by Crippen LogP contribution is 2.43. The van der Waals surface area contributed by atoms with E-state index in [-0.39, 0.29) is 4.90 Å². The third-order valence-corrected chi connectivity index (χ3v) is 7.60. The maximum atomic E-state index is 13.0. The van der Waals surface area contributed by atoms with Crippen LogP contribution in [0.1, 0.15) is 12.8 Å². The van der Waals surface area contributed by atoms with Gasteiger partial charge in [-0.25, -0.2) is 12.8 Å². The van der Waals surface area contributed by atoms with Gasteiger partial charge in [0.05, 0.1) is 4.90 Å². The van der Waals surface area contributed by atoms with Crippen molar-refractivity contribution >= 4 is 10.0 Å². The van der Waals surface area contributed by atoms with E-state index in [0.29, 0.717) is 13.1 Å². The van der Waals surface area contributed by atoms with Gasteiger partial charge in [-0.15, -0.1) is 0 Å². The van der Waals surface area contributed by atoms with E-state index in [1.165, 1.54) is 41.4 Å². The van der Waals surface area contributed by atoms with Gasteiger partial charge in [0.25, 0.3) is 0 Å². The fourth-order valence-electron chi connectivity index (χ4n) is 4.34. The number of fused-ring (bicyclic) bond motifs is 2. The average Bonchev–Trinajstić information content (AvgIpc) is 3.19. The maximum absolute atomic E-state index is 13.0. The number of hydrogen-bond donors (Lipinski definition) is 0. The van der Waals surface area contributed by atoms with Crippen molar-refractivity contribution in [3.63, 3.8) is 0 Å². The van der Waals surface area contributed by atoms with Crippen LogP contribution in [0.15, 0.2) is 41.3 Å². The molecule has 1 aromatic carbocycles. The van der Waals surface area contributed by atoms with Crippen LogP contribution in [0.2, 0.25) is 0 Å². The summed E-state index contributed by atoms with van der Waals surface area (Å²) >= 11 is 0. The summed E-state index contributed by atoms with van der Waals surface area (Å²) in [6.07, 6.45) is 7.32. The Balaban J connectivity index is 1.35. The van der Waals surface area contributed by atoms with Crippen LogP contribution in [0.3, 0.4) is 0 Å². The number of sulfonamides is 1. The lowest BCUT2D eigenvalue weighted by atomic mass is 9.93. The van der Waals surface area contributed by atoms with Gasteiger partial charge < -0.3 is 4.90 Å². The van der Waals surface area contributed by atoms with Crippen molar-refractivity contribution in [2.75, 3.05) is 32.7 Å². The number of piperazine rings is 1. The third-order valence-electron chi connectivity index (χ3n) is 5.69. The number of rotatable bonds is 4. The quantitative estimate of drug-likeness (QED) is 0.783. The summed E-state index contributed by atoms with van der Waals surface area (Å²) in [5.41, 5.74) is 0. The first-order chi connectivity index (χ1) is 11.5. The molecule has 0 spiro atoms. The van der Waals surface area contributed by atoms with Crippen molar-refractivity contribution in [1.82, 2.24) is 9.21 Å². The van der Waals surface area contributed by atoms with Crippen LogP contribution in [-0.4, -0.2) is 50.3 Å². The van der Waals surface area contributed by atoms with Gasteiger partial charge in [-0.1, -0.05) is 12.2 Å². The zero-order chi connectivity index (χ0) is 16.7. The van der Waals surface area contributed by atoms with Gasteiger partial charge in [0.2, 0.25) is 10.0 Å². The lowest BCUT2D eigenvalue weighted by molar-refractivity contribution is 0.156. The van der Waals surface area contributed by atoms with Crippen molar-refractivity contribution in [2.45, 2.75) is 17.7 Å². The smallest absolute Gasteiger partial charge is 0.243 e. The van der Waals surface area contributed by atoms with E-state index in [1.807, 2.05) is 0 Å². The minimum absolute atomic E-state index is 0.176. The molecule has 0 aromatic heterocycles. The lowest BCUT2D eigenvalue weighted by Crippen LogP contribution is -2.49. The third kappa shape index (κ3) is 3.03. The van der Waals surface area contributed by atoms with Gasteiger partial charge in [0.15, 0.2) is 0 Å². The Labute approximate surface area is 143 Å². The SMILES string of the molecule is O=S(=O)(c1ccc(F)cc1)N1CCN(C[C@H]2C[C@H]3C=C[C@@H]2C3)CC1. The summed E-state index contributed by atoms with van der Waals surface area (Å²) in [7, 11) is -3.51. The molecule has 2 bridgehead atoms. The van der Waals surface area contributed by atoms with Crippen molar-refractivity contribution < 1.29 is 12.8 Å². The molecule has 130 valence electrons. The molecule has 3 atom stereocenters. The molecule has 24 heavy (non-hydrogen) atoms. The standard InChI is InChI=1S/C18H23FN2O2S/c19-17-3-5-18(6-4-17)24(22,23)21-9-7-20(8-10-21)13-16-12-14-1-2-15(16)11-14/h1-6,14-16H,7-13H2/t14-,15+,16+/m0/s1. The second kappa shape index (κ2) is 6.24. The molecule has 1 saturated heterocycles. The Morgan fingerprint density at radius 3 is 2.29 bits per heavy atom. The molecular weight excluding hydrogens is 327 g/mol. The van der Waals surface area contributed by atoms with Crippen molar-refractivity contribution in [2.24, 2.45) is 17.8 Å². The zero-order valence-corrected chi connectivity index (χ0v) is 14.5. The zero-order valence-electron chi connectivity index (χ0n) is 13.6. The largest absolute Gasteiger partial charge is 0.300 e. The van der Waals surface area contributed by atoms with Gasteiger partial charge in [0, 0.05) is 32.7 Å². The van der Waals surface area contributed by atoms with Gasteiger partial charge in [-0.05, 0) is 54.9 Å². The molecule has 1 aromatic rings. The molecule has 1 saturated carbocycles. The first kappa shape index (κ1) is 16.2. The summed E-state index contributed by atoms with van der Waals surface area (Å²) in [5.74, 6) is 1.83. The second-order valence-corrected chi connectivity index (χ2v) is 9.14. The molecule has 3 aliphatic rings. The normalized spacial score (nSPS) is 31.0. The van der Waals surface area contributed by atoms with Gasteiger partial charge in [0.1, 0.15) is 5.82 Å². The first-order valence-corrected chi connectivity index (χ1v) is 10.1. The van der Waals surface area contributed by atoms with Crippen LogP contribution >= 0.6 is 0 Å². The van der Waals surface area contributed by atoms with Crippen LogP contribution in [0, 0.1) is 23.6 Å². The molecule has 0 unspecified atom stereocenters. The van der Waals surface area contributed by atoms with Crippen LogP contribution in [0.5, 0.6) is 0 Å². The summed E-state index contributed by atoms with van der Waals surface area (Å²) < 4.78 is 39.8. The highest BCUT2D eigenvalue weighted by Gasteiger charge is 2.37. The van der Waals surface area contributed by atoms with Crippen molar-refractivity contribution in [1.29, 1.82) is 0 Å². The van der Waals surface area contributed by atoms with E-state index < -0.39 is 15.8 Å². The molecule has 0 N–H and O–H groups in total. The molecular formula is C18H23FN2O2S. The molecule has 2 fully saturated rings. The number of allylic oxidation sites excluding steroid dienone is 2. The Hall–Kier alpha value is -1.24. The van der Waals surface area contributed by atoms with E-state index in [2.05, 4.69) is 17.1 Å². The molecule has 4 nitrogen and oxygen atoms in total. The predicted molar refractivity (Wildman–Crippen MR) is 90.4 cm³/mol. The number of halogens is 1. The van der Waals surface area contributed by atoms with E-state index >= 15 is 0 Å². The van der Waals surface area contributed by atoms with E-state index in [0.717, 1.165) is 37.4 Å². The number of benzene rings is 1. The number of nitrogens with zero attached hydrogens (tertiary/aromatic N) is 2. The lowest BCUT2D eigenvalue weighted by Gasteiger charge is -2.36. The summed E-state index contributed by atoms with van der Waals surface area (Å²) in [6.45, 7) is 3.65. The Kier molecular flexibility index (Phi) is 4.22. The van der Waals surface area contributed by atoms with Crippen LogP contribution < -0.4 is 0 Å². The summed E-state index contributed by atoms with van der Waals surface area (Å²) in [5, 5.41) is 0. The van der Waals surface area contributed by atoms with Crippen LogP contribution in [0.25, 0.3) is 0 Å². The molecule has 6 heteroatoms. The molecule has 2 aliphatic carbocycles. The summed E-state index contributed by atoms with van der Waals surface area (Å²) in [6, 6.07) is 5.09. The Morgan fingerprint density at radius 1 is 1.00 bits per heavy atom. The van der Waals surface area contributed by atoms with Gasteiger partial charge in [-0.2, -0.15) is 4.31 Å². The highest BCUT2D eigenvalue weighted by molar-refractivity contribution is 7.89. The molecule has 0 amide bonds. The monoisotopic (exact) mass is 350 g/mol. The van der Waals surface area contributed by atoms with E-state index in [1.54, 1.807) is 0 Å². The maximum Gasteiger partial charge on any atom is 0.243 e. The fraction of sp³-hybridized carbons (Fsp3) is 0.556. The van der Waals surface area contributed by atoms with Gasteiger partial charge >= 0.3 is 0 Å². The summed E-state index contributed by atoms with van der Waals surface area (Å²) in [4.78, 5) is 2.58. The average molecular weight is 350 g/mol. The Morgan fingerprint density at radius 2 is 1.71 bits per heavy atom. The molecule has 1 heterocycles. The molecule has 1 aliphatic heterocycles. The van der Waals surface area contributed by atoms with Gasteiger partial charge in [-0.3, -0.25) is 0 Å². The topological polar surface area (TPSA) is 40.6 Å². The molecule has 4 rings (SSSR count). The highest BCUT2D eigenvalue weighted by atomic mass is 32.2. The molecule has 0 radical (unpaired) electrons. The minimum Gasteiger partial charge on any atom is -0.300 e. The number of hydrogen-bond acceptors (Lipinski definition) is 3. The van der Waals surface area contributed by atoms with E-state index in [9.17, 15) is 12.8 Å². The predicted octanol–water partition coefficient (Wildman–Crippen LogP) is 2.34. The minimum atomic E-state index is -3.51. The van der Waals surface area contributed by atoms with Crippen molar-refractivity contribution in [3.05, 3.63) is 42.2 Å². The first-order valence-electron chi connectivity index (χ1n) is 8.69. The Bertz CT molecular complexity index is 724. The second-order valence-electron chi connectivity index (χ2n) is 7.20. The van der Waals surface area contributed by atoms with Crippen LogP contribution in [-0.2, 0) is 10.0 Å².